The predicted octanol–water partition coefficient (Wildman–Crippen LogP) is 1.91. The van der Waals surface area contributed by atoms with Gasteiger partial charge in [0.25, 0.3) is 0 Å². The first-order valence-corrected chi connectivity index (χ1v) is 7.84. The van der Waals surface area contributed by atoms with E-state index in [9.17, 15) is 4.79 Å². The van der Waals surface area contributed by atoms with E-state index in [0.717, 1.165) is 32.4 Å². The summed E-state index contributed by atoms with van der Waals surface area (Å²) in [4.78, 5) is 14.8. The Bertz CT molecular complexity index is 542. The summed E-state index contributed by atoms with van der Waals surface area (Å²) in [5.74, 6) is 1.83. The molecule has 2 fully saturated rings. The second-order valence-electron chi connectivity index (χ2n) is 6.79. The van der Waals surface area contributed by atoms with Gasteiger partial charge in [0.2, 0.25) is 5.91 Å². The Labute approximate surface area is 120 Å². The summed E-state index contributed by atoms with van der Waals surface area (Å²) < 4.78 is 0. The Hall–Kier alpha value is -1.35. The van der Waals surface area contributed by atoms with Crippen molar-refractivity contribution in [1.82, 2.24) is 4.90 Å². The molecule has 1 saturated carbocycles. The molecule has 4 atom stereocenters. The SMILES string of the molecule is NC1CC[C@@H]2CN(C(=O)C3Cc4ccccc43)C[C@@H]2C1. The Morgan fingerprint density at radius 1 is 1.15 bits per heavy atom. The van der Waals surface area contributed by atoms with Crippen molar-refractivity contribution in [2.24, 2.45) is 17.6 Å². The number of benzene rings is 1. The molecule has 4 rings (SSSR count). The maximum absolute atomic E-state index is 12.7. The Morgan fingerprint density at radius 2 is 1.95 bits per heavy atom. The van der Waals surface area contributed by atoms with Crippen LogP contribution < -0.4 is 5.73 Å². The molecule has 2 N–H and O–H groups in total. The second-order valence-corrected chi connectivity index (χ2v) is 6.79. The fraction of sp³-hybridized carbons (Fsp3) is 0.588. The number of carbonyl (C=O) groups is 1. The van der Waals surface area contributed by atoms with Crippen molar-refractivity contribution < 1.29 is 4.79 Å². The van der Waals surface area contributed by atoms with E-state index in [4.69, 9.17) is 5.73 Å². The molecule has 2 aliphatic carbocycles. The van der Waals surface area contributed by atoms with Crippen LogP contribution >= 0.6 is 0 Å². The van der Waals surface area contributed by atoms with Gasteiger partial charge in [0.05, 0.1) is 5.92 Å². The van der Waals surface area contributed by atoms with Gasteiger partial charge in [0.1, 0.15) is 0 Å². The van der Waals surface area contributed by atoms with Crippen molar-refractivity contribution in [3.05, 3.63) is 35.4 Å². The maximum Gasteiger partial charge on any atom is 0.230 e. The van der Waals surface area contributed by atoms with E-state index in [2.05, 4.69) is 23.1 Å². The summed E-state index contributed by atoms with van der Waals surface area (Å²) in [5, 5.41) is 0. The molecule has 1 aliphatic heterocycles. The lowest BCUT2D eigenvalue weighted by atomic mass is 9.77. The van der Waals surface area contributed by atoms with Gasteiger partial charge in [-0.1, -0.05) is 24.3 Å². The monoisotopic (exact) mass is 270 g/mol. The van der Waals surface area contributed by atoms with E-state index in [1.807, 2.05) is 6.07 Å². The molecule has 0 spiro atoms. The van der Waals surface area contributed by atoms with Crippen molar-refractivity contribution >= 4 is 5.91 Å². The van der Waals surface area contributed by atoms with E-state index >= 15 is 0 Å². The van der Waals surface area contributed by atoms with Crippen molar-refractivity contribution in [3.63, 3.8) is 0 Å². The normalized spacial score (nSPS) is 35.1. The second kappa shape index (κ2) is 4.59. The zero-order chi connectivity index (χ0) is 13.7. The van der Waals surface area contributed by atoms with E-state index in [-0.39, 0.29) is 5.92 Å². The van der Waals surface area contributed by atoms with Crippen molar-refractivity contribution in [2.75, 3.05) is 13.1 Å². The number of hydrogen-bond acceptors (Lipinski definition) is 2. The summed E-state index contributed by atoms with van der Waals surface area (Å²) in [6.07, 6.45) is 4.38. The molecule has 0 bridgehead atoms. The number of hydrogen-bond donors (Lipinski definition) is 1. The first kappa shape index (κ1) is 12.4. The fourth-order valence-corrected chi connectivity index (χ4v) is 4.35. The maximum atomic E-state index is 12.7. The molecule has 1 aromatic carbocycles. The van der Waals surface area contributed by atoms with E-state index in [0.29, 0.717) is 23.8 Å². The lowest BCUT2D eigenvalue weighted by Gasteiger charge is -2.32. The van der Waals surface area contributed by atoms with Gasteiger partial charge in [0, 0.05) is 19.1 Å². The summed E-state index contributed by atoms with van der Waals surface area (Å²) in [6.45, 7) is 1.91. The minimum Gasteiger partial charge on any atom is -0.342 e. The van der Waals surface area contributed by atoms with Crippen LogP contribution in [0.2, 0.25) is 0 Å². The number of carbonyl (C=O) groups excluding carboxylic acids is 1. The van der Waals surface area contributed by atoms with E-state index < -0.39 is 0 Å². The molecule has 2 unspecified atom stereocenters. The number of amides is 1. The van der Waals surface area contributed by atoms with Crippen LogP contribution in [0.1, 0.15) is 36.3 Å². The third-order valence-electron chi connectivity index (χ3n) is 5.55. The van der Waals surface area contributed by atoms with Gasteiger partial charge in [-0.2, -0.15) is 0 Å². The summed E-state index contributed by atoms with van der Waals surface area (Å²) in [5.41, 5.74) is 8.67. The molecule has 1 amide bonds. The Kier molecular flexibility index (Phi) is 2.84. The van der Waals surface area contributed by atoms with E-state index in [1.54, 1.807) is 0 Å². The smallest absolute Gasteiger partial charge is 0.230 e. The number of rotatable bonds is 1. The molecule has 20 heavy (non-hydrogen) atoms. The summed E-state index contributed by atoms with van der Waals surface area (Å²) in [7, 11) is 0. The fourth-order valence-electron chi connectivity index (χ4n) is 4.35. The van der Waals surface area contributed by atoms with Gasteiger partial charge in [-0.25, -0.2) is 0 Å². The van der Waals surface area contributed by atoms with Crippen LogP contribution in [0, 0.1) is 11.8 Å². The highest BCUT2D eigenvalue weighted by Gasteiger charge is 2.42. The van der Waals surface area contributed by atoms with Gasteiger partial charge >= 0.3 is 0 Å². The van der Waals surface area contributed by atoms with E-state index in [1.165, 1.54) is 17.5 Å². The van der Waals surface area contributed by atoms with Crippen molar-refractivity contribution in [3.8, 4) is 0 Å². The molecule has 3 nitrogen and oxygen atoms in total. The molecule has 3 aliphatic rings. The highest BCUT2D eigenvalue weighted by Crippen LogP contribution is 2.40. The van der Waals surface area contributed by atoms with Crippen molar-refractivity contribution in [2.45, 2.75) is 37.6 Å². The Morgan fingerprint density at radius 3 is 2.80 bits per heavy atom. The summed E-state index contributed by atoms with van der Waals surface area (Å²) in [6, 6.07) is 8.71. The van der Waals surface area contributed by atoms with Crippen LogP contribution in [0.25, 0.3) is 0 Å². The molecule has 0 aromatic heterocycles. The van der Waals surface area contributed by atoms with Crippen LogP contribution in [-0.4, -0.2) is 29.9 Å². The molecular weight excluding hydrogens is 248 g/mol. The topological polar surface area (TPSA) is 46.3 Å². The average Bonchev–Trinajstić information content (AvgIpc) is 2.83. The summed E-state index contributed by atoms with van der Waals surface area (Å²) >= 11 is 0. The van der Waals surface area contributed by atoms with Gasteiger partial charge in [0.15, 0.2) is 0 Å². The predicted molar refractivity (Wildman–Crippen MR) is 78.3 cm³/mol. The molecule has 3 heteroatoms. The van der Waals surface area contributed by atoms with Crippen LogP contribution in [0.4, 0.5) is 0 Å². The third kappa shape index (κ3) is 1.87. The molecule has 1 aromatic rings. The number of fused-ring (bicyclic) bond motifs is 2. The Balaban J connectivity index is 1.46. The molecular formula is C17H22N2O. The first-order valence-electron chi connectivity index (χ1n) is 7.84. The lowest BCUT2D eigenvalue weighted by molar-refractivity contribution is -0.132. The molecule has 0 radical (unpaired) electrons. The quantitative estimate of drug-likeness (QED) is 0.847. The minimum absolute atomic E-state index is 0.125. The first-order chi connectivity index (χ1) is 9.72. The zero-order valence-electron chi connectivity index (χ0n) is 11.8. The number of likely N-dealkylation sites (tertiary alicyclic amines) is 1. The molecule has 1 saturated heterocycles. The largest absolute Gasteiger partial charge is 0.342 e. The molecule has 106 valence electrons. The van der Waals surface area contributed by atoms with Crippen LogP contribution in [-0.2, 0) is 11.2 Å². The van der Waals surface area contributed by atoms with Gasteiger partial charge < -0.3 is 10.6 Å². The van der Waals surface area contributed by atoms with Gasteiger partial charge in [-0.05, 0) is 48.6 Å². The van der Waals surface area contributed by atoms with Gasteiger partial charge in [-0.15, -0.1) is 0 Å². The van der Waals surface area contributed by atoms with Crippen LogP contribution in [0.15, 0.2) is 24.3 Å². The standard InChI is InChI=1S/C17H22N2O/c18-14-6-5-12-9-19(10-13(12)7-14)17(20)16-8-11-3-1-2-4-15(11)16/h1-4,12-14,16H,5-10,18H2/t12-,13+,14?,16?/m1/s1. The number of nitrogens with zero attached hydrogens (tertiary/aromatic N) is 1. The average molecular weight is 270 g/mol. The third-order valence-corrected chi connectivity index (χ3v) is 5.55. The molecule has 1 heterocycles. The zero-order valence-corrected chi connectivity index (χ0v) is 11.8. The highest BCUT2D eigenvalue weighted by atomic mass is 16.2. The van der Waals surface area contributed by atoms with Crippen molar-refractivity contribution in [1.29, 1.82) is 0 Å². The number of nitrogens with two attached hydrogens (primary N) is 1. The highest BCUT2D eigenvalue weighted by molar-refractivity contribution is 5.87. The van der Waals surface area contributed by atoms with Crippen LogP contribution in [0.5, 0.6) is 0 Å². The van der Waals surface area contributed by atoms with Crippen LogP contribution in [0.3, 0.4) is 0 Å². The lowest BCUT2D eigenvalue weighted by Crippen LogP contribution is -2.38. The minimum atomic E-state index is 0.125. The van der Waals surface area contributed by atoms with Gasteiger partial charge in [-0.3, -0.25) is 4.79 Å².